The van der Waals surface area contributed by atoms with Crippen molar-refractivity contribution in [2.24, 2.45) is 7.05 Å². The van der Waals surface area contributed by atoms with E-state index in [2.05, 4.69) is 41.0 Å². The number of aromatic nitrogens is 1. The van der Waals surface area contributed by atoms with Gasteiger partial charge in [0.1, 0.15) is 0 Å². The Labute approximate surface area is 112 Å². The number of nitrogens with zero attached hydrogens (tertiary/aromatic N) is 2. The van der Waals surface area contributed by atoms with Crippen LogP contribution in [0.1, 0.15) is 5.56 Å². The molecule has 0 spiro atoms. The molecule has 19 heavy (non-hydrogen) atoms. The summed E-state index contributed by atoms with van der Waals surface area (Å²) < 4.78 is 2.08. The van der Waals surface area contributed by atoms with Crippen LogP contribution in [0.2, 0.25) is 0 Å². The van der Waals surface area contributed by atoms with Crippen molar-refractivity contribution >= 4 is 10.9 Å². The highest BCUT2D eigenvalue weighted by Crippen LogP contribution is 2.27. The van der Waals surface area contributed by atoms with Crippen molar-refractivity contribution in [2.45, 2.75) is 6.42 Å². The fourth-order valence-corrected chi connectivity index (χ4v) is 2.51. The Morgan fingerprint density at radius 2 is 1.84 bits per heavy atom. The maximum Gasteiger partial charge on any atom is 0.0670 e. The molecule has 1 heterocycles. The molecule has 1 aromatic heterocycles. The van der Waals surface area contributed by atoms with Crippen LogP contribution in [0.5, 0.6) is 0 Å². The number of fused-ring (bicyclic) bond motifs is 1. The lowest BCUT2D eigenvalue weighted by atomic mass is 10.0. The molecule has 2 nitrogen and oxygen atoms in total. The van der Waals surface area contributed by atoms with Crippen LogP contribution in [-0.4, -0.2) is 4.57 Å². The van der Waals surface area contributed by atoms with Gasteiger partial charge >= 0.3 is 0 Å². The Morgan fingerprint density at radius 3 is 2.58 bits per heavy atom. The highest BCUT2D eigenvalue weighted by Gasteiger charge is 2.07. The van der Waals surface area contributed by atoms with E-state index in [9.17, 15) is 0 Å². The summed E-state index contributed by atoms with van der Waals surface area (Å²) in [5, 5.41) is 10.1. The molecule has 0 radical (unpaired) electrons. The number of hydrogen-bond donors (Lipinski definition) is 0. The summed E-state index contributed by atoms with van der Waals surface area (Å²) in [6.45, 7) is 0. The van der Waals surface area contributed by atoms with Gasteiger partial charge in [0, 0.05) is 24.1 Å². The SMILES string of the molecule is Cn1cc(CC#N)c2cc(-c3ccccc3)ccc21. The van der Waals surface area contributed by atoms with E-state index in [4.69, 9.17) is 5.26 Å². The molecule has 0 atom stereocenters. The third kappa shape index (κ3) is 2.00. The molecule has 3 rings (SSSR count). The first-order valence-corrected chi connectivity index (χ1v) is 6.30. The molecule has 0 N–H and O–H groups in total. The Bertz CT molecular complexity index is 761. The average molecular weight is 246 g/mol. The maximum atomic E-state index is 8.92. The zero-order valence-electron chi connectivity index (χ0n) is 10.8. The molecule has 0 aliphatic heterocycles. The molecular weight excluding hydrogens is 232 g/mol. The van der Waals surface area contributed by atoms with Gasteiger partial charge in [0.2, 0.25) is 0 Å². The molecule has 92 valence electrons. The van der Waals surface area contributed by atoms with Crippen LogP contribution >= 0.6 is 0 Å². The van der Waals surface area contributed by atoms with Crippen LogP contribution in [0.3, 0.4) is 0 Å². The van der Waals surface area contributed by atoms with Gasteiger partial charge in [-0.05, 0) is 28.8 Å². The van der Waals surface area contributed by atoms with E-state index in [1.807, 2.05) is 31.4 Å². The minimum Gasteiger partial charge on any atom is -0.350 e. The zero-order chi connectivity index (χ0) is 13.2. The number of hydrogen-bond acceptors (Lipinski definition) is 1. The predicted molar refractivity (Wildman–Crippen MR) is 77.7 cm³/mol. The fraction of sp³-hybridized carbons (Fsp3) is 0.118. The van der Waals surface area contributed by atoms with E-state index in [0.29, 0.717) is 6.42 Å². The number of aryl methyl sites for hydroxylation is 1. The number of benzene rings is 2. The number of rotatable bonds is 2. The first-order chi connectivity index (χ1) is 9.29. The lowest BCUT2D eigenvalue weighted by Gasteiger charge is -2.03. The van der Waals surface area contributed by atoms with Gasteiger partial charge in [-0.2, -0.15) is 5.26 Å². The average Bonchev–Trinajstić information content (AvgIpc) is 2.77. The van der Waals surface area contributed by atoms with Crippen LogP contribution in [0.15, 0.2) is 54.7 Å². The molecule has 0 saturated heterocycles. The minimum atomic E-state index is 0.454. The van der Waals surface area contributed by atoms with E-state index < -0.39 is 0 Å². The number of nitriles is 1. The van der Waals surface area contributed by atoms with Crippen molar-refractivity contribution in [1.29, 1.82) is 5.26 Å². The topological polar surface area (TPSA) is 28.7 Å². The molecule has 2 heteroatoms. The standard InChI is InChI=1S/C17H14N2/c1-19-12-15(9-10-18)16-11-14(7-8-17(16)19)13-5-3-2-4-6-13/h2-8,11-12H,9H2,1H3. The second-order valence-electron chi connectivity index (χ2n) is 4.70. The van der Waals surface area contributed by atoms with Gasteiger partial charge in [-0.1, -0.05) is 36.4 Å². The summed E-state index contributed by atoms with van der Waals surface area (Å²) in [4.78, 5) is 0. The Morgan fingerprint density at radius 1 is 1.05 bits per heavy atom. The van der Waals surface area contributed by atoms with E-state index in [1.54, 1.807) is 0 Å². The summed E-state index contributed by atoms with van der Waals surface area (Å²) in [6.07, 6.45) is 2.50. The van der Waals surface area contributed by atoms with Gasteiger partial charge < -0.3 is 4.57 Å². The van der Waals surface area contributed by atoms with Crippen molar-refractivity contribution in [2.75, 3.05) is 0 Å². The Balaban J connectivity index is 2.20. The highest BCUT2D eigenvalue weighted by atomic mass is 14.9. The van der Waals surface area contributed by atoms with Gasteiger partial charge in [-0.25, -0.2) is 0 Å². The molecule has 0 aliphatic rings. The molecule has 2 aromatic carbocycles. The van der Waals surface area contributed by atoms with Crippen molar-refractivity contribution in [3.63, 3.8) is 0 Å². The van der Waals surface area contributed by atoms with E-state index in [1.165, 1.54) is 22.0 Å². The van der Waals surface area contributed by atoms with Crippen molar-refractivity contribution in [3.05, 3.63) is 60.3 Å². The van der Waals surface area contributed by atoms with Gasteiger partial charge in [-0.15, -0.1) is 0 Å². The molecule has 0 unspecified atom stereocenters. The second-order valence-corrected chi connectivity index (χ2v) is 4.70. The lowest BCUT2D eigenvalue weighted by Crippen LogP contribution is -1.83. The summed E-state index contributed by atoms with van der Waals surface area (Å²) in [6, 6.07) is 19.0. The summed E-state index contributed by atoms with van der Waals surface area (Å²) in [5.74, 6) is 0. The predicted octanol–water partition coefficient (Wildman–Crippen LogP) is 3.91. The first-order valence-electron chi connectivity index (χ1n) is 6.30. The van der Waals surface area contributed by atoms with Gasteiger partial charge in [0.15, 0.2) is 0 Å². The molecule has 0 aliphatic carbocycles. The van der Waals surface area contributed by atoms with Gasteiger partial charge in [-0.3, -0.25) is 0 Å². The normalized spacial score (nSPS) is 10.5. The van der Waals surface area contributed by atoms with E-state index in [-0.39, 0.29) is 0 Å². The molecular formula is C17H14N2. The summed E-state index contributed by atoms with van der Waals surface area (Å²) in [7, 11) is 2.02. The minimum absolute atomic E-state index is 0.454. The quantitative estimate of drug-likeness (QED) is 0.674. The molecule has 0 amide bonds. The molecule has 0 saturated carbocycles. The van der Waals surface area contributed by atoms with Crippen molar-refractivity contribution < 1.29 is 0 Å². The lowest BCUT2D eigenvalue weighted by molar-refractivity contribution is 0.960. The monoisotopic (exact) mass is 246 g/mol. The van der Waals surface area contributed by atoms with Crippen LogP contribution in [0, 0.1) is 11.3 Å². The maximum absolute atomic E-state index is 8.92. The van der Waals surface area contributed by atoms with Crippen LogP contribution in [0.25, 0.3) is 22.0 Å². The smallest absolute Gasteiger partial charge is 0.0670 e. The van der Waals surface area contributed by atoms with E-state index in [0.717, 1.165) is 5.56 Å². The third-order valence-electron chi connectivity index (χ3n) is 3.45. The largest absolute Gasteiger partial charge is 0.350 e. The third-order valence-corrected chi connectivity index (χ3v) is 3.45. The summed E-state index contributed by atoms with van der Waals surface area (Å²) >= 11 is 0. The second kappa shape index (κ2) is 4.62. The van der Waals surface area contributed by atoms with Crippen molar-refractivity contribution in [3.8, 4) is 17.2 Å². The van der Waals surface area contributed by atoms with Crippen LogP contribution in [-0.2, 0) is 13.5 Å². The van der Waals surface area contributed by atoms with Gasteiger partial charge in [0.25, 0.3) is 0 Å². The van der Waals surface area contributed by atoms with Gasteiger partial charge in [0.05, 0.1) is 12.5 Å². The fourth-order valence-electron chi connectivity index (χ4n) is 2.51. The highest BCUT2D eigenvalue weighted by molar-refractivity contribution is 5.88. The van der Waals surface area contributed by atoms with E-state index >= 15 is 0 Å². The summed E-state index contributed by atoms with van der Waals surface area (Å²) in [5.41, 5.74) is 4.66. The zero-order valence-corrected chi connectivity index (χ0v) is 10.8. The van der Waals surface area contributed by atoms with Crippen molar-refractivity contribution in [1.82, 2.24) is 4.57 Å². The van der Waals surface area contributed by atoms with Crippen LogP contribution < -0.4 is 0 Å². The Hall–Kier alpha value is -2.53. The molecule has 3 aromatic rings. The Kier molecular flexibility index (Phi) is 2.81. The first kappa shape index (κ1) is 11.6. The molecule has 0 fully saturated rings. The van der Waals surface area contributed by atoms with Crippen LogP contribution in [0.4, 0.5) is 0 Å². The molecule has 0 bridgehead atoms.